The van der Waals surface area contributed by atoms with Crippen LogP contribution in [0.3, 0.4) is 0 Å². The van der Waals surface area contributed by atoms with Crippen LogP contribution in [0, 0.1) is 16.7 Å². The minimum absolute atomic E-state index is 0.0878. The van der Waals surface area contributed by atoms with Crippen molar-refractivity contribution < 1.29 is 4.79 Å². The minimum Gasteiger partial charge on any atom is -0.361 e. The highest BCUT2D eigenvalue weighted by Gasteiger charge is 2.41. The average Bonchev–Trinajstić information content (AvgIpc) is 2.47. The van der Waals surface area contributed by atoms with Crippen LogP contribution < -0.4 is 5.32 Å². The number of hydrogen-bond donors (Lipinski definition) is 1. The SMILES string of the molecule is CC1=C(C#N)C(c2ccc(Cl)c(Cl)c2)C2=C(CC(C)(C)CC2=O)N1. The molecule has 3 rings (SSSR count). The second-order valence-corrected chi connectivity index (χ2v) is 8.03. The Balaban J connectivity index is 2.20. The van der Waals surface area contributed by atoms with E-state index in [4.69, 9.17) is 23.2 Å². The van der Waals surface area contributed by atoms with Crippen molar-refractivity contribution in [1.82, 2.24) is 5.32 Å². The molecule has 5 heteroatoms. The normalized spacial score (nSPS) is 22.8. The molecule has 0 fully saturated rings. The molecule has 3 nitrogen and oxygen atoms in total. The molecule has 1 unspecified atom stereocenters. The number of benzene rings is 1. The van der Waals surface area contributed by atoms with E-state index in [1.165, 1.54) is 0 Å². The monoisotopic (exact) mass is 360 g/mol. The minimum atomic E-state index is -0.385. The number of nitriles is 1. The number of dihydropyridines is 1. The predicted octanol–water partition coefficient (Wildman–Crippen LogP) is 5.12. The van der Waals surface area contributed by atoms with E-state index in [0.717, 1.165) is 23.4 Å². The Morgan fingerprint density at radius 2 is 1.96 bits per heavy atom. The molecule has 2 aliphatic rings. The van der Waals surface area contributed by atoms with E-state index in [1.54, 1.807) is 12.1 Å². The number of Topliss-reactive ketones (excluding diaryl/α,β-unsaturated/α-hetero) is 1. The molecule has 1 heterocycles. The van der Waals surface area contributed by atoms with Crippen molar-refractivity contribution in [3.05, 3.63) is 56.3 Å². The van der Waals surface area contributed by atoms with Gasteiger partial charge in [-0.25, -0.2) is 0 Å². The Morgan fingerprint density at radius 1 is 1.25 bits per heavy atom. The molecule has 0 saturated heterocycles. The molecular formula is C19H18Cl2N2O. The van der Waals surface area contributed by atoms with E-state index in [1.807, 2.05) is 13.0 Å². The first kappa shape index (κ1) is 17.1. The fraction of sp³-hybridized carbons (Fsp3) is 0.368. The van der Waals surface area contributed by atoms with Crippen LogP contribution in [-0.4, -0.2) is 5.78 Å². The van der Waals surface area contributed by atoms with Crippen LogP contribution in [0.15, 0.2) is 40.7 Å². The summed E-state index contributed by atoms with van der Waals surface area (Å²) in [5.41, 5.74) is 3.69. The molecule has 1 atom stereocenters. The van der Waals surface area contributed by atoms with Gasteiger partial charge in [-0.3, -0.25) is 4.79 Å². The molecule has 1 aromatic rings. The molecule has 1 aromatic carbocycles. The van der Waals surface area contributed by atoms with E-state index in [9.17, 15) is 10.1 Å². The van der Waals surface area contributed by atoms with E-state index < -0.39 is 0 Å². The van der Waals surface area contributed by atoms with Crippen LogP contribution in [0.25, 0.3) is 0 Å². The van der Waals surface area contributed by atoms with E-state index >= 15 is 0 Å². The summed E-state index contributed by atoms with van der Waals surface area (Å²) in [7, 11) is 0. The van der Waals surface area contributed by atoms with Crippen molar-refractivity contribution in [2.75, 3.05) is 0 Å². The lowest BCUT2D eigenvalue weighted by Gasteiger charge is -2.38. The van der Waals surface area contributed by atoms with Crippen LogP contribution >= 0.6 is 23.2 Å². The third-order valence-corrected chi connectivity index (χ3v) is 5.38. The molecular weight excluding hydrogens is 343 g/mol. The summed E-state index contributed by atoms with van der Waals surface area (Å²) in [5.74, 6) is -0.297. The van der Waals surface area contributed by atoms with Crippen LogP contribution in [0.2, 0.25) is 10.0 Å². The summed E-state index contributed by atoms with van der Waals surface area (Å²) >= 11 is 12.2. The third-order valence-electron chi connectivity index (χ3n) is 4.64. The Morgan fingerprint density at radius 3 is 2.58 bits per heavy atom. The largest absolute Gasteiger partial charge is 0.361 e. The highest BCUT2D eigenvalue weighted by atomic mass is 35.5. The Labute approximate surface area is 151 Å². The number of ketones is 1. The van der Waals surface area contributed by atoms with Gasteiger partial charge in [0.25, 0.3) is 0 Å². The zero-order valence-corrected chi connectivity index (χ0v) is 15.3. The first-order valence-corrected chi connectivity index (χ1v) is 8.58. The molecule has 0 saturated carbocycles. The fourth-order valence-electron chi connectivity index (χ4n) is 3.61. The van der Waals surface area contributed by atoms with Crippen LogP contribution in [0.5, 0.6) is 0 Å². The summed E-state index contributed by atoms with van der Waals surface area (Å²) < 4.78 is 0. The molecule has 24 heavy (non-hydrogen) atoms. The topological polar surface area (TPSA) is 52.9 Å². The molecule has 0 spiro atoms. The molecule has 124 valence electrons. The van der Waals surface area contributed by atoms with Gasteiger partial charge in [0.1, 0.15) is 0 Å². The smallest absolute Gasteiger partial charge is 0.162 e. The molecule has 0 bridgehead atoms. The summed E-state index contributed by atoms with van der Waals surface area (Å²) in [5, 5.41) is 13.8. The number of carbonyl (C=O) groups excluding carboxylic acids is 1. The van der Waals surface area contributed by atoms with E-state index in [2.05, 4.69) is 25.2 Å². The second kappa shape index (κ2) is 5.95. The quantitative estimate of drug-likeness (QED) is 0.755. The zero-order chi connectivity index (χ0) is 17.6. The number of nitrogens with one attached hydrogen (secondary N) is 1. The van der Waals surface area contributed by atoms with Gasteiger partial charge in [0.05, 0.1) is 27.6 Å². The van der Waals surface area contributed by atoms with Crippen molar-refractivity contribution in [1.29, 1.82) is 5.26 Å². The lowest BCUT2D eigenvalue weighted by atomic mass is 9.69. The number of halogens is 2. The van der Waals surface area contributed by atoms with Gasteiger partial charge in [0, 0.05) is 23.4 Å². The van der Waals surface area contributed by atoms with Gasteiger partial charge in [0.2, 0.25) is 0 Å². The summed E-state index contributed by atoms with van der Waals surface area (Å²) in [4.78, 5) is 12.9. The number of hydrogen-bond acceptors (Lipinski definition) is 3. The van der Waals surface area contributed by atoms with Crippen molar-refractivity contribution in [2.45, 2.75) is 39.5 Å². The number of rotatable bonds is 1. The molecule has 1 N–H and O–H groups in total. The summed E-state index contributed by atoms with van der Waals surface area (Å²) in [6, 6.07) is 7.57. The standard InChI is InChI=1S/C19H18Cl2N2O/c1-10-12(9-22)17(11-4-5-13(20)14(21)6-11)18-15(23-10)7-19(2,3)8-16(18)24/h4-6,17,23H,7-8H2,1-3H3. The molecule has 0 amide bonds. The van der Waals surface area contributed by atoms with Crippen LogP contribution in [-0.2, 0) is 4.79 Å². The summed E-state index contributed by atoms with van der Waals surface area (Å²) in [6.45, 7) is 6.05. The first-order chi connectivity index (χ1) is 11.2. The molecule has 0 aromatic heterocycles. The van der Waals surface area contributed by atoms with Crippen molar-refractivity contribution in [2.24, 2.45) is 5.41 Å². The van der Waals surface area contributed by atoms with Gasteiger partial charge in [-0.1, -0.05) is 43.1 Å². The Kier molecular flexibility index (Phi) is 4.23. The lowest BCUT2D eigenvalue weighted by molar-refractivity contribution is -0.118. The summed E-state index contributed by atoms with van der Waals surface area (Å²) in [6.07, 6.45) is 1.25. The highest BCUT2D eigenvalue weighted by molar-refractivity contribution is 6.42. The van der Waals surface area contributed by atoms with Gasteiger partial charge >= 0.3 is 0 Å². The Hall–Kier alpha value is -1.76. The lowest BCUT2D eigenvalue weighted by Crippen LogP contribution is -2.36. The van der Waals surface area contributed by atoms with Gasteiger partial charge in [-0.05, 0) is 36.5 Å². The maximum Gasteiger partial charge on any atom is 0.162 e. The van der Waals surface area contributed by atoms with Gasteiger partial charge in [-0.2, -0.15) is 5.26 Å². The van der Waals surface area contributed by atoms with Gasteiger partial charge in [-0.15, -0.1) is 0 Å². The first-order valence-electron chi connectivity index (χ1n) is 7.82. The zero-order valence-electron chi connectivity index (χ0n) is 13.8. The molecule has 1 aliphatic carbocycles. The van der Waals surface area contributed by atoms with E-state index in [-0.39, 0.29) is 17.1 Å². The van der Waals surface area contributed by atoms with Crippen LogP contribution in [0.1, 0.15) is 45.1 Å². The highest BCUT2D eigenvalue weighted by Crippen LogP contribution is 2.46. The molecule has 1 aliphatic heterocycles. The number of allylic oxidation sites excluding steroid dienone is 4. The number of carbonyl (C=O) groups is 1. The Bertz CT molecular complexity index is 843. The van der Waals surface area contributed by atoms with Gasteiger partial charge in [0.15, 0.2) is 5.78 Å². The van der Waals surface area contributed by atoms with E-state index in [0.29, 0.717) is 27.6 Å². The maximum atomic E-state index is 12.9. The van der Waals surface area contributed by atoms with Crippen molar-refractivity contribution in [3.63, 3.8) is 0 Å². The predicted molar refractivity (Wildman–Crippen MR) is 95.7 cm³/mol. The average molecular weight is 361 g/mol. The van der Waals surface area contributed by atoms with Crippen molar-refractivity contribution >= 4 is 29.0 Å². The molecule has 0 radical (unpaired) electrons. The fourth-order valence-corrected chi connectivity index (χ4v) is 3.92. The van der Waals surface area contributed by atoms with Crippen LogP contribution in [0.4, 0.5) is 0 Å². The third kappa shape index (κ3) is 2.85. The number of nitrogens with zero attached hydrogens (tertiary/aromatic N) is 1. The van der Waals surface area contributed by atoms with Crippen molar-refractivity contribution in [3.8, 4) is 6.07 Å². The second-order valence-electron chi connectivity index (χ2n) is 7.22. The van der Waals surface area contributed by atoms with Gasteiger partial charge < -0.3 is 5.32 Å². The maximum absolute atomic E-state index is 12.9.